The lowest BCUT2D eigenvalue weighted by molar-refractivity contribution is -0.148. The Hall–Kier alpha value is -3.54. The zero-order valence-corrected chi connectivity index (χ0v) is 20.1. The van der Waals surface area contributed by atoms with E-state index in [4.69, 9.17) is 5.73 Å². The summed E-state index contributed by atoms with van der Waals surface area (Å²) in [7, 11) is 3.68. The van der Waals surface area contributed by atoms with Crippen LogP contribution in [0.15, 0.2) is 36.4 Å². The molecule has 12 heteroatoms. The first-order valence-corrected chi connectivity index (χ1v) is 11.5. The monoisotopic (exact) mass is 525 g/mol. The number of hydrogen-bond acceptors (Lipinski definition) is 4. The molecule has 2 N–H and O–H groups in total. The number of alkyl halides is 3. The highest BCUT2D eigenvalue weighted by Crippen LogP contribution is 2.36. The van der Waals surface area contributed by atoms with Crippen LogP contribution in [-0.4, -0.2) is 47.0 Å². The Bertz CT molecular complexity index is 1300. The van der Waals surface area contributed by atoms with Gasteiger partial charge in [-0.05, 0) is 30.2 Å². The first-order valence-electron chi connectivity index (χ1n) is 11.5. The van der Waals surface area contributed by atoms with Crippen LogP contribution in [0.2, 0.25) is 0 Å². The third-order valence-electron chi connectivity index (χ3n) is 6.28. The molecule has 0 unspecified atom stereocenters. The van der Waals surface area contributed by atoms with Crippen LogP contribution >= 0.6 is 0 Å². The van der Waals surface area contributed by atoms with E-state index in [9.17, 15) is 31.1 Å². The number of carbonyl (C=O) groups is 1. The molecule has 2 aromatic carbocycles. The molecule has 37 heavy (non-hydrogen) atoms. The van der Waals surface area contributed by atoms with Crippen molar-refractivity contribution in [3.8, 4) is 11.3 Å². The minimum absolute atomic E-state index is 0.00343. The first-order chi connectivity index (χ1) is 17.3. The molecular weight excluding hydrogens is 500 g/mol. The largest absolute Gasteiger partial charge is 0.449 e. The molecule has 1 aromatic heterocycles. The highest BCUT2D eigenvalue weighted by atomic mass is 19.4. The Morgan fingerprint density at radius 3 is 2.32 bits per heavy atom. The van der Waals surface area contributed by atoms with Gasteiger partial charge >= 0.3 is 6.18 Å². The second-order valence-corrected chi connectivity index (χ2v) is 9.16. The van der Waals surface area contributed by atoms with E-state index < -0.39 is 41.4 Å². The Morgan fingerprint density at radius 2 is 1.70 bits per heavy atom. The van der Waals surface area contributed by atoms with Gasteiger partial charge in [-0.2, -0.15) is 13.2 Å². The van der Waals surface area contributed by atoms with Gasteiger partial charge in [0, 0.05) is 57.0 Å². The summed E-state index contributed by atoms with van der Waals surface area (Å²) in [5.74, 6) is -5.03. The molecule has 2 heterocycles. The normalized spacial score (nSPS) is 14.5. The average molecular weight is 525 g/mol. The SMILES string of the molecule is CN(C)c1ccc(-c2nc(C(F)(F)F)n3c2CN(C(=O)C[C@H](N)Cc2cc(F)c(F)cc2F)CC3)cc1. The van der Waals surface area contributed by atoms with Crippen molar-refractivity contribution in [1.82, 2.24) is 14.5 Å². The summed E-state index contributed by atoms with van der Waals surface area (Å²) in [6.07, 6.45) is -5.16. The fourth-order valence-corrected chi connectivity index (χ4v) is 4.37. The molecule has 0 spiro atoms. The van der Waals surface area contributed by atoms with Gasteiger partial charge < -0.3 is 20.1 Å². The van der Waals surface area contributed by atoms with Crippen molar-refractivity contribution in [3.05, 3.63) is 70.9 Å². The van der Waals surface area contributed by atoms with E-state index in [0.29, 0.717) is 17.7 Å². The summed E-state index contributed by atoms with van der Waals surface area (Å²) in [5.41, 5.74) is 7.52. The van der Waals surface area contributed by atoms with Gasteiger partial charge in [0.1, 0.15) is 5.82 Å². The topological polar surface area (TPSA) is 67.4 Å². The van der Waals surface area contributed by atoms with E-state index in [1.165, 1.54) is 4.90 Å². The van der Waals surface area contributed by atoms with Crippen molar-refractivity contribution in [1.29, 1.82) is 0 Å². The molecule has 3 aromatic rings. The Morgan fingerprint density at radius 1 is 1.05 bits per heavy atom. The third-order valence-corrected chi connectivity index (χ3v) is 6.28. The number of imidazole rings is 1. The van der Waals surface area contributed by atoms with Crippen LogP contribution in [0.5, 0.6) is 0 Å². The van der Waals surface area contributed by atoms with Crippen molar-refractivity contribution >= 4 is 11.6 Å². The van der Waals surface area contributed by atoms with Gasteiger partial charge in [0.2, 0.25) is 11.7 Å². The molecule has 0 radical (unpaired) electrons. The van der Waals surface area contributed by atoms with Crippen LogP contribution in [0.4, 0.5) is 32.0 Å². The smallest absolute Gasteiger partial charge is 0.378 e. The van der Waals surface area contributed by atoms with E-state index >= 15 is 0 Å². The zero-order chi connectivity index (χ0) is 27.1. The lowest BCUT2D eigenvalue weighted by atomic mass is 10.0. The van der Waals surface area contributed by atoms with Gasteiger partial charge in [0.25, 0.3) is 0 Å². The molecule has 0 saturated carbocycles. The van der Waals surface area contributed by atoms with E-state index in [1.807, 2.05) is 19.0 Å². The molecule has 4 rings (SSSR count). The molecule has 0 bridgehead atoms. The summed E-state index contributed by atoms with van der Waals surface area (Å²) < 4.78 is 82.9. The average Bonchev–Trinajstić information content (AvgIpc) is 3.22. The molecule has 0 saturated heterocycles. The predicted molar refractivity (Wildman–Crippen MR) is 125 cm³/mol. The molecule has 0 fully saturated rings. The highest BCUT2D eigenvalue weighted by molar-refractivity contribution is 5.77. The summed E-state index contributed by atoms with van der Waals surface area (Å²) in [5, 5.41) is 0. The maximum atomic E-state index is 14.0. The van der Waals surface area contributed by atoms with Crippen molar-refractivity contribution < 1.29 is 31.1 Å². The van der Waals surface area contributed by atoms with Crippen LogP contribution in [0.1, 0.15) is 23.5 Å². The molecule has 198 valence electrons. The maximum absolute atomic E-state index is 14.0. The number of anilines is 1. The van der Waals surface area contributed by atoms with E-state index in [0.717, 1.165) is 10.3 Å². The maximum Gasteiger partial charge on any atom is 0.449 e. The minimum Gasteiger partial charge on any atom is -0.378 e. The van der Waals surface area contributed by atoms with Gasteiger partial charge in [0.15, 0.2) is 11.6 Å². The van der Waals surface area contributed by atoms with Crippen LogP contribution in [0, 0.1) is 17.5 Å². The van der Waals surface area contributed by atoms with Gasteiger partial charge in [-0.15, -0.1) is 0 Å². The van der Waals surface area contributed by atoms with Crippen LogP contribution in [0.25, 0.3) is 11.3 Å². The lowest BCUT2D eigenvalue weighted by Gasteiger charge is -2.30. The number of benzene rings is 2. The third kappa shape index (κ3) is 5.58. The van der Waals surface area contributed by atoms with E-state index in [-0.39, 0.29) is 49.4 Å². The lowest BCUT2D eigenvalue weighted by Crippen LogP contribution is -2.42. The van der Waals surface area contributed by atoms with Crippen molar-refractivity contribution in [2.75, 3.05) is 25.5 Å². The molecule has 1 amide bonds. The molecule has 1 aliphatic heterocycles. The molecule has 6 nitrogen and oxygen atoms in total. The standard InChI is InChI=1S/C25H25F6N5O/c1-34(2)17-5-3-14(4-6-17)23-21-13-35(7-8-36(21)24(33-23)25(29,30)31)22(37)11-16(32)9-15-10-19(27)20(28)12-18(15)26/h3-6,10,12,16H,7-9,11,13,32H2,1-2H3/t16-/m1/s1. The minimum atomic E-state index is -4.68. The fourth-order valence-electron chi connectivity index (χ4n) is 4.37. The number of halogens is 6. The Kier molecular flexibility index (Phi) is 7.22. The number of nitrogens with zero attached hydrogens (tertiary/aromatic N) is 4. The number of hydrogen-bond donors (Lipinski definition) is 1. The number of nitrogens with two attached hydrogens (primary N) is 1. The number of aromatic nitrogens is 2. The number of rotatable bonds is 6. The van der Waals surface area contributed by atoms with Crippen molar-refractivity contribution in [3.63, 3.8) is 0 Å². The van der Waals surface area contributed by atoms with Crippen LogP contribution in [0.3, 0.4) is 0 Å². The molecule has 1 aliphatic rings. The van der Waals surface area contributed by atoms with Gasteiger partial charge in [-0.1, -0.05) is 12.1 Å². The molecular formula is C25H25F6N5O. The number of amides is 1. The molecule has 1 atom stereocenters. The highest BCUT2D eigenvalue weighted by Gasteiger charge is 2.40. The zero-order valence-electron chi connectivity index (χ0n) is 20.1. The summed E-state index contributed by atoms with van der Waals surface area (Å²) >= 11 is 0. The van der Waals surface area contributed by atoms with Gasteiger partial charge in [-0.25, -0.2) is 18.2 Å². The van der Waals surface area contributed by atoms with Crippen LogP contribution < -0.4 is 10.6 Å². The van der Waals surface area contributed by atoms with Gasteiger partial charge in [0.05, 0.1) is 17.9 Å². The predicted octanol–water partition coefficient (Wildman–Crippen LogP) is 4.35. The summed E-state index contributed by atoms with van der Waals surface area (Å²) in [4.78, 5) is 20.1. The van der Waals surface area contributed by atoms with Crippen molar-refractivity contribution in [2.24, 2.45) is 5.73 Å². The van der Waals surface area contributed by atoms with Crippen molar-refractivity contribution in [2.45, 2.75) is 38.1 Å². The van der Waals surface area contributed by atoms with Crippen LogP contribution in [-0.2, 0) is 30.5 Å². The summed E-state index contributed by atoms with van der Waals surface area (Å²) in [6, 6.07) is 7.06. The Balaban J connectivity index is 1.55. The second kappa shape index (κ2) is 10.1. The number of carbonyl (C=O) groups excluding carboxylic acids is 1. The molecule has 0 aliphatic carbocycles. The quantitative estimate of drug-likeness (QED) is 0.384. The van der Waals surface area contributed by atoms with E-state index in [2.05, 4.69) is 4.98 Å². The fraction of sp³-hybridized carbons (Fsp3) is 0.360. The first kappa shape index (κ1) is 26.5. The Labute approximate surface area is 209 Å². The summed E-state index contributed by atoms with van der Waals surface area (Å²) in [6.45, 7) is -0.249. The number of fused-ring (bicyclic) bond motifs is 1. The van der Waals surface area contributed by atoms with E-state index in [1.54, 1.807) is 24.3 Å². The van der Waals surface area contributed by atoms with Gasteiger partial charge in [-0.3, -0.25) is 4.79 Å². The second-order valence-electron chi connectivity index (χ2n) is 9.16.